The molecule has 0 radical (unpaired) electrons. The molecule has 0 saturated heterocycles. The van der Waals surface area contributed by atoms with Crippen molar-refractivity contribution in [3.63, 3.8) is 0 Å². The molecule has 0 bridgehead atoms. The minimum atomic E-state index is -0.557. The fourth-order valence-electron chi connectivity index (χ4n) is 2.58. The first-order valence-electron chi connectivity index (χ1n) is 8.89. The number of anilines is 1. The van der Waals surface area contributed by atoms with E-state index in [1.807, 2.05) is 13.8 Å². The third-order valence-corrected chi connectivity index (χ3v) is 4.15. The maximum Gasteiger partial charge on any atom is 0.255 e. The lowest BCUT2D eigenvalue weighted by molar-refractivity contribution is -0.119. The highest BCUT2D eigenvalue weighted by Gasteiger charge is 2.11. The second-order valence-electron chi connectivity index (χ2n) is 6.35. The highest BCUT2D eigenvalue weighted by molar-refractivity contribution is 6.04. The lowest BCUT2D eigenvalue weighted by Crippen LogP contribution is -2.20. The quantitative estimate of drug-likeness (QED) is 0.606. The Balaban J connectivity index is 1.61. The Hall–Kier alpha value is -3.81. The molecule has 0 aliphatic carbocycles. The molecule has 3 aromatic rings. The normalized spacial score (nSPS) is 10.4. The Morgan fingerprint density at radius 1 is 1.07 bits per heavy atom. The number of aryl methyl sites for hydroxylation is 2. The van der Waals surface area contributed by atoms with E-state index in [0.29, 0.717) is 35.1 Å². The van der Waals surface area contributed by atoms with Crippen molar-refractivity contribution < 1.29 is 23.6 Å². The standard InChI is InChI=1S/C21H21N3O5/c1-13-19(14(2)29-24-13)11-27-18-5-3-4-15(10-18)21(26)23-16-6-8-17(9-7-16)28-12-20(22)25/h3-10H,11-12H2,1-2H3,(H2,22,25)(H,23,26). The first-order valence-corrected chi connectivity index (χ1v) is 8.89. The zero-order chi connectivity index (χ0) is 20.8. The highest BCUT2D eigenvalue weighted by atomic mass is 16.5. The second-order valence-corrected chi connectivity index (χ2v) is 6.35. The number of amides is 2. The number of carbonyl (C=O) groups is 2. The van der Waals surface area contributed by atoms with Crippen LogP contribution in [-0.4, -0.2) is 23.6 Å². The molecule has 0 spiro atoms. The van der Waals surface area contributed by atoms with Gasteiger partial charge in [0.15, 0.2) is 6.61 Å². The van der Waals surface area contributed by atoms with Gasteiger partial charge in [0, 0.05) is 11.3 Å². The molecule has 0 saturated carbocycles. The minimum absolute atomic E-state index is 0.202. The Labute approximate surface area is 167 Å². The van der Waals surface area contributed by atoms with Gasteiger partial charge in [0.05, 0.1) is 11.3 Å². The van der Waals surface area contributed by atoms with Crippen molar-refractivity contribution in [3.8, 4) is 11.5 Å². The van der Waals surface area contributed by atoms with Gasteiger partial charge in [0.2, 0.25) is 0 Å². The van der Waals surface area contributed by atoms with Gasteiger partial charge in [0.25, 0.3) is 11.8 Å². The SMILES string of the molecule is Cc1noc(C)c1COc1cccc(C(=O)Nc2ccc(OCC(N)=O)cc2)c1. The third-order valence-electron chi connectivity index (χ3n) is 4.15. The molecule has 0 fully saturated rings. The largest absolute Gasteiger partial charge is 0.489 e. The summed E-state index contributed by atoms with van der Waals surface area (Å²) in [5.74, 6) is 0.918. The summed E-state index contributed by atoms with van der Waals surface area (Å²) in [5.41, 5.74) is 7.74. The van der Waals surface area contributed by atoms with E-state index in [0.717, 1.165) is 11.3 Å². The Bertz CT molecular complexity index is 992. The molecule has 2 aromatic carbocycles. The number of nitrogens with one attached hydrogen (secondary N) is 1. The summed E-state index contributed by atoms with van der Waals surface area (Å²) in [4.78, 5) is 23.3. The number of rotatable bonds is 8. The maximum atomic E-state index is 12.5. The lowest BCUT2D eigenvalue weighted by Gasteiger charge is -2.09. The smallest absolute Gasteiger partial charge is 0.255 e. The van der Waals surface area contributed by atoms with E-state index < -0.39 is 5.91 Å². The summed E-state index contributed by atoms with van der Waals surface area (Å²) in [6.07, 6.45) is 0. The van der Waals surface area contributed by atoms with E-state index in [9.17, 15) is 9.59 Å². The fraction of sp³-hybridized carbons (Fsp3) is 0.190. The van der Waals surface area contributed by atoms with E-state index in [1.54, 1.807) is 48.5 Å². The van der Waals surface area contributed by atoms with Crippen LogP contribution in [0.2, 0.25) is 0 Å². The zero-order valence-corrected chi connectivity index (χ0v) is 16.1. The molecule has 8 nitrogen and oxygen atoms in total. The molecule has 1 heterocycles. The highest BCUT2D eigenvalue weighted by Crippen LogP contribution is 2.20. The van der Waals surface area contributed by atoms with Crippen molar-refractivity contribution in [2.24, 2.45) is 5.73 Å². The van der Waals surface area contributed by atoms with Crippen LogP contribution >= 0.6 is 0 Å². The molecule has 0 atom stereocenters. The summed E-state index contributed by atoms with van der Waals surface area (Å²) >= 11 is 0. The van der Waals surface area contributed by atoms with Crippen LogP contribution in [0.25, 0.3) is 0 Å². The van der Waals surface area contributed by atoms with Gasteiger partial charge in [-0.1, -0.05) is 11.2 Å². The van der Waals surface area contributed by atoms with Crippen LogP contribution in [0.1, 0.15) is 27.4 Å². The van der Waals surface area contributed by atoms with Gasteiger partial charge in [-0.25, -0.2) is 0 Å². The number of benzene rings is 2. The van der Waals surface area contributed by atoms with Crippen LogP contribution < -0.4 is 20.5 Å². The molecule has 29 heavy (non-hydrogen) atoms. The fourth-order valence-corrected chi connectivity index (χ4v) is 2.58. The third kappa shape index (κ3) is 5.35. The van der Waals surface area contributed by atoms with Gasteiger partial charge in [-0.15, -0.1) is 0 Å². The van der Waals surface area contributed by atoms with Crippen molar-refractivity contribution in [1.29, 1.82) is 0 Å². The molecular weight excluding hydrogens is 374 g/mol. The number of nitrogens with zero attached hydrogens (tertiary/aromatic N) is 1. The van der Waals surface area contributed by atoms with Gasteiger partial charge in [-0.2, -0.15) is 0 Å². The molecule has 0 aliphatic rings. The van der Waals surface area contributed by atoms with E-state index in [1.165, 1.54) is 0 Å². The predicted molar refractivity (Wildman–Crippen MR) is 106 cm³/mol. The van der Waals surface area contributed by atoms with Gasteiger partial charge in [0.1, 0.15) is 23.9 Å². The first-order chi connectivity index (χ1) is 13.9. The predicted octanol–water partition coefficient (Wildman–Crippen LogP) is 2.99. The van der Waals surface area contributed by atoms with E-state index >= 15 is 0 Å². The summed E-state index contributed by atoms with van der Waals surface area (Å²) in [6, 6.07) is 13.5. The minimum Gasteiger partial charge on any atom is -0.489 e. The zero-order valence-electron chi connectivity index (χ0n) is 16.1. The topological polar surface area (TPSA) is 117 Å². The summed E-state index contributed by atoms with van der Waals surface area (Å²) in [7, 11) is 0. The molecule has 0 unspecified atom stereocenters. The average molecular weight is 395 g/mol. The molecule has 8 heteroatoms. The van der Waals surface area contributed by atoms with E-state index in [4.69, 9.17) is 19.7 Å². The average Bonchev–Trinajstić information content (AvgIpc) is 3.03. The molecular formula is C21H21N3O5. The van der Waals surface area contributed by atoms with Gasteiger partial charge >= 0.3 is 0 Å². The van der Waals surface area contributed by atoms with Crippen LogP contribution in [0.3, 0.4) is 0 Å². The van der Waals surface area contributed by atoms with Crippen LogP contribution in [0.15, 0.2) is 53.1 Å². The molecule has 1 aromatic heterocycles. The van der Waals surface area contributed by atoms with Crippen LogP contribution in [-0.2, 0) is 11.4 Å². The van der Waals surface area contributed by atoms with Crippen LogP contribution in [0.5, 0.6) is 11.5 Å². The Morgan fingerprint density at radius 2 is 1.83 bits per heavy atom. The number of ether oxygens (including phenoxy) is 2. The number of aromatic nitrogens is 1. The van der Waals surface area contributed by atoms with Crippen molar-refractivity contribution in [1.82, 2.24) is 5.16 Å². The number of carbonyl (C=O) groups excluding carboxylic acids is 2. The molecule has 3 N–H and O–H groups in total. The second kappa shape index (κ2) is 8.92. The number of hydrogen-bond donors (Lipinski definition) is 2. The van der Waals surface area contributed by atoms with Crippen LogP contribution in [0.4, 0.5) is 5.69 Å². The van der Waals surface area contributed by atoms with Crippen molar-refractivity contribution in [2.75, 3.05) is 11.9 Å². The van der Waals surface area contributed by atoms with Gasteiger partial charge in [-0.05, 0) is 56.3 Å². The van der Waals surface area contributed by atoms with E-state index in [-0.39, 0.29) is 12.5 Å². The number of primary amides is 1. The summed E-state index contributed by atoms with van der Waals surface area (Å²) in [6.45, 7) is 3.78. The molecule has 3 rings (SSSR count). The first kappa shape index (κ1) is 19.9. The van der Waals surface area contributed by atoms with Gasteiger partial charge < -0.3 is 25.0 Å². The van der Waals surface area contributed by atoms with Crippen molar-refractivity contribution >= 4 is 17.5 Å². The molecule has 2 amide bonds. The maximum absolute atomic E-state index is 12.5. The number of nitrogens with two attached hydrogens (primary N) is 1. The van der Waals surface area contributed by atoms with E-state index in [2.05, 4.69) is 10.5 Å². The van der Waals surface area contributed by atoms with Crippen LogP contribution in [0, 0.1) is 13.8 Å². The summed E-state index contributed by atoms with van der Waals surface area (Å²) in [5, 5.41) is 6.70. The molecule has 150 valence electrons. The summed E-state index contributed by atoms with van der Waals surface area (Å²) < 4.78 is 16.1. The Morgan fingerprint density at radius 3 is 2.48 bits per heavy atom. The van der Waals surface area contributed by atoms with Crippen molar-refractivity contribution in [3.05, 3.63) is 71.1 Å². The monoisotopic (exact) mass is 395 g/mol. The van der Waals surface area contributed by atoms with Crippen molar-refractivity contribution in [2.45, 2.75) is 20.5 Å². The van der Waals surface area contributed by atoms with Gasteiger partial charge in [-0.3, -0.25) is 9.59 Å². The Kier molecular flexibility index (Phi) is 6.13. The number of hydrogen-bond acceptors (Lipinski definition) is 6. The molecule has 0 aliphatic heterocycles. The lowest BCUT2D eigenvalue weighted by atomic mass is 10.2.